The Kier molecular flexibility index (Phi) is 41.0. The Hall–Kier alpha value is -4.28. The van der Waals surface area contributed by atoms with E-state index in [0.29, 0.717) is 0 Å². The summed E-state index contributed by atoms with van der Waals surface area (Å²) in [4.78, 5) is 53.7. The average Bonchev–Trinajstić information content (AvgIpc) is 0.755. The maximum atomic E-state index is 13.8. The van der Waals surface area contributed by atoms with E-state index in [9.17, 15) is 177 Å². The summed E-state index contributed by atoms with van der Waals surface area (Å²) in [7, 11) is 0. The normalized spacial score (nSPS) is 50.7. The molecule has 12 aliphatic rings. The molecule has 59 atom stereocenters. The van der Waals surface area contributed by atoms with Gasteiger partial charge in [0.25, 0.3) is 0 Å². The SMILES string of the molecule is CC(=O)N[C@@H]1[C@@H](O[C@@H]2O[C@@H](C)[C@@H](O)[C@@H](O)[C@@H]2O)[C@H](O[C@@H]2O[C@H](CO)[C@@H](O[C@@H]3O[C@H](CO[C@H]4O[C@H](CO)[C@@H](O)[C@H](O)[C@@H]4O[C@@H]4O[C@H](CO)[C@@H](O)[C@H](O[C@@H]5O[C@H](CO)[C@H](O)[C@H](O)[C@H]5O)[C@H]4NC(C)=O)[C@@H](O)[C@H](O[C@H]4O[C@H](CO)[C@@H](O)[C@H](O)[C@@H]4O[C@@H]4O[C@H](CO)[C@@H](O[C@@H]5O[C@@H](C)[C@@H](O)[C@@H](O)[C@@H]5O)[C@H](O[C@@H]5O[C@H](CO)[C@H](O)[C@H](O)[C@H]5O)[C@H]4NC(C)=O)[C@@H]3O[C@@H]3OC[C@@H](O)[C@H](O)[C@H]3O)[C@H](O)[C@H]2NC(C)=O)[C@@H](CO)O[C@H]1O. The molecule has 4 amide bonds. The molecule has 12 rings (SSSR count). The van der Waals surface area contributed by atoms with Crippen LogP contribution in [-0.4, -0.2) is 610 Å². The van der Waals surface area contributed by atoms with Crippen LogP contribution in [0.4, 0.5) is 0 Å². The number of carbonyl (C=O) groups is 4. The van der Waals surface area contributed by atoms with Crippen LogP contribution in [0, 0.1) is 0 Å². The van der Waals surface area contributed by atoms with Gasteiger partial charge in [0.15, 0.2) is 75.5 Å². The molecule has 12 heterocycles. The van der Waals surface area contributed by atoms with Crippen LogP contribution in [0.1, 0.15) is 41.5 Å². The van der Waals surface area contributed by atoms with Gasteiger partial charge in [-0.1, -0.05) is 0 Å². The van der Waals surface area contributed by atoms with E-state index in [1.165, 1.54) is 13.8 Å². The van der Waals surface area contributed by atoms with E-state index in [2.05, 4.69) is 21.3 Å². The van der Waals surface area contributed by atoms with E-state index in [4.69, 9.17) is 109 Å². The molecule has 0 spiro atoms. The number of amides is 4. The van der Waals surface area contributed by atoms with Crippen molar-refractivity contribution in [2.45, 2.75) is 404 Å². The first-order valence-electron chi connectivity index (χ1n) is 45.3. The Balaban J connectivity index is 0.969. The van der Waals surface area contributed by atoms with Gasteiger partial charge in [-0.3, -0.25) is 19.2 Å². The molecular weight excluding hydrogens is 1930 g/mol. The minimum Gasteiger partial charge on any atom is -0.394 e. The second kappa shape index (κ2) is 50.1. The van der Waals surface area contributed by atoms with Gasteiger partial charge >= 0.3 is 0 Å². The van der Waals surface area contributed by atoms with Gasteiger partial charge in [0, 0.05) is 27.7 Å². The molecule has 816 valence electrons. The highest BCUT2D eigenvalue weighted by Crippen LogP contribution is 2.44. The van der Waals surface area contributed by atoms with Crippen LogP contribution < -0.4 is 21.3 Å². The molecule has 0 aromatic carbocycles. The molecule has 0 radical (unpaired) electrons. The Bertz CT molecular complexity index is 3900. The molecule has 0 aromatic heterocycles. The number of aliphatic hydroxyl groups excluding tert-OH is 31. The molecule has 0 aliphatic carbocycles. The molecule has 0 unspecified atom stereocenters. The van der Waals surface area contributed by atoms with Crippen LogP contribution in [0.15, 0.2) is 0 Å². The van der Waals surface area contributed by atoms with Gasteiger partial charge in [0.2, 0.25) is 23.6 Å². The lowest BCUT2D eigenvalue weighted by molar-refractivity contribution is -0.415. The molecule has 12 aliphatic heterocycles. The highest BCUT2D eigenvalue weighted by Gasteiger charge is 2.64. The third-order valence-corrected chi connectivity index (χ3v) is 26.2. The van der Waals surface area contributed by atoms with E-state index < -0.39 is 452 Å². The smallest absolute Gasteiger partial charge is 0.217 e. The number of carbonyl (C=O) groups excluding carboxylic acids is 4. The average molecular weight is 2070 g/mol. The van der Waals surface area contributed by atoms with E-state index in [0.717, 1.165) is 27.7 Å². The number of hydrogen-bond acceptors (Lipinski definition) is 58. The number of rotatable bonds is 35. The van der Waals surface area contributed by atoms with Crippen molar-refractivity contribution in [3.05, 3.63) is 0 Å². The van der Waals surface area contributed by atoms with Crippen LogP contribution in [0.2, 0.25) is 0 Å². The molecule has 12 fully saturated rings. The summed E-state index contributed by atoms with van der Waals surface area (Å²) in [6.07, 6.45) is -121. The molecule has 62 nitrogen and oxygen atoms in total. The highest BCUT2D eigenvalue weighted by molar-refractivity contribution is 5.74. The maximum Gasteiger partial charge on any atom is 0.217 e. The van der Waals surface area contributed by atoms with Crippen molar-refractivity contribution < 1.29 is 286 Å². The van der Waals surface area contributed by atoms with Crippen LogP contribution in [0.25, 0.3) is 0 Å². The molecule has 62 heteroatoms. The van der Waals surface area contributed by atoms with Crippen molar-refractivity contribution in [3.63, 3.8) is 0 Å². The largest absolute Gasteiger partial charge is 0.394 e. The maximum absolute atomic E-state index is 13.8. The molecule has 141 heavy (non-hydrogen) atoms. The van der Waals surface area contributed by atoms with Crippen molar-refractivity contribution in [2.24, 2.45) is 0 Å². The molecule has 0 saturated carbocycles. The third-order valence-electron chi connectivity index (χ3n) is 26.2. The predicted molar refractivity (Wildman–Crippen MR) is 433 cm³/mol. The summed E-state index contributed by atoms with van der Waals surface area (Å²) in [5, 5.41) is 361. The first-order valence-corrected chi connectivity index (χ1v) is 45.3. The number of ether oxygens (including phenoxy) is 23. The lowest BCUT2D eigenvalue weighted by Crippen LogP contribution is -2.72. The third kappa shape index (κ3) is 25.3. The Morgan fingerprint density at radius 3 is 0.972 bits per heavy atom. The van der Waals surface area contributed by atoms with E-state index in [1.54, 1.807) is 0 Å². The standard InChI is InChI=1S/C79H132N4O58/c1-17-37(97)47(107)54(114)73(121-17)134-60-31(14-91)130-71(36(83-22(6)95)63(60)137-76-57(117)50(110)41(101)25(8-85)126-76)140-66-52(112)43(103)27(10-87)128-78(66)138-64-45(105)32(16-120-77-65(51(111)42(102)26(9-86)127-77)139-70-35(82-21(5)94)61(44(104)28(11-88)124-70)135-75-56(116)49(109)40(100)24(7-84)125-75)131-79(67(64)141-72-53(113)39(99)23(96)15-119-72)132-58-29(12-89)129-69(33(46(58)106)80-19(3)92)133-59-30(13-90)123-68(118)34(81-20(4)93)62(59)136-74-55(115)48(108)38(98)18(2)122-74/h17-18,23-79,84-91,96-118H,7-16H2,1-6H3,(H,80,92)(H,81,93)(H,82,94)(H,83,95)/t17-,18-,23+,24+,25+,26+,27+,28+,29+,30+,31+,32+,33+,34+,35+,36+,37+,38+,39-,40-,41-,42+,43+,44+,45+,46+,47+,48+,49-,50-,51-,52-,53+,54-,55-,56+,57+,58+,59+,60+,61+,62+,63+,64-,65-,66-,67-,68+,69-,70-,71-,72-,73-,74-,75-,76-,77-,78+,79-/m0/s1. The Labute approximate surface area is 798 Å². The van der Waals surface area contributed by atoms with Crippen molar-refractivity contribution in [3.8, 4) is 0 Å². The molecule has 35 N–H and O–H groups in total. The Morgan fingerprint density at radius 2 is 0.511 bits per heavy atom. The minimum absolute atomic E-state index is 0.864. The molecule has 12 saturated heterocycles. The van der Waals surface area contributed by atoms with E-state index >= 15 is 0 Å². The van der Waals surface area contributed by atoms with Gasteiger partial charge in [-0.2, -0.15) is 0 Å². The second-order valence-corrected chi connectivity index (χ2v) is 36.1. The van der Waals surface area contributed by atoms with E-state index in [1.807, 2.05) is 0 Å². The van der Waals surface area contributed by atoms with Gasteiger partial charge in [0.1, 0.15) is 274 Å². The van der Waals surface area contributed by atoms with Crippen LogP contribution >= 0.6 is 0 Å². The number of hydrogen-bond donors (Lipinski definition) is 35. The van der Waals surface area contributed by atoms with Crippen molar-refractivity contribution >= 4 is 23.6 Å². The van der Waals surface area contributed by atoms with Crippen LogP contribution in [-0.2, 0) is 128 Å². The monoisotopic (exact) mass is 2060 g/mol. The summed E-state index contributed by atoms with van der Waals surface area (Å²) >= 11 is 0. The first-order chi connectivity index (χ1) is 66.7. The predicted octanol–water partition coefficient (Wildman–Crippen LogP) is -23.9. The Morgan fingerprint density at radius 1 is 0.227 bits per heavy atom. The van der Waals surface area contributed by atoms with Crippen LogP contribution in [0.3, 0.4) is 0 Å². The zero-order valence-electron chi connectivity index (χ0n) is 76.0. The second-order valence-electron chi connectivity index (χ2n) is 36.1. The zero-order chi connectivity index (χ0) is 104. The minimum atomic E-state index is -2.72. The number of aliphatic hydroxyl groups is 31. The summed E-state index contributed by atoms with van der Waals surface area (Å²) < 4.78 is 141. The first kappa shape index (κ1) is 115. The van der Waals surface area contributed by atoms with Crippen molar-refractivity contribution in [1.82, 2.24) is 21.3 Å². The zero-order valence-corrected chi connectivity index (χ0v) is 76.0. The molecular formula is C79H132N4O58. The van der Waals surface area contributed by atoms with Gasteiger partial charge < -0.3 is 289 Å². The molecule has 0 aromatic rings. The highest BCUT2D eigenvalue weighted by atomic mass is 16.8. The van der Waals surface area contributed by atoms with Crippen molar-refractivity contribution in [1.29, 1.82) is 0 Å². The molecule has 0 bridgehead atoms. The van der Waals surface area contributed by atoms with E-state index in [-0.39, 0.29) is 0 Å². The summed E-state index contributed by atoms with van der Waals surface area (Å²) in [5.74, 6) is -4.09. The lowest BCUT2D eigenvalue weighted by atomic mass is 9.93. The van der Waals surface area contributed by atoms with Crippen molar-refractivity contribution in [2.75, 3.05) is 66.1 Å². The fourth-order valence-electron chi connectivity index (χ4n) is 18.5. The van der Waals surface area contributed by atoms with Gasteiger partial charge in [0.05, 0.1) is 78.3 Å². The fourth-order valence-corrected chi connectivity index (χ4v) is 18.5. The summed E-state index contributed by atoms with van der Waals surface area (Å²) in [6.45, 7) is -6.01. The quantitative estimate of drug-likeness (QED) is 0.0280. The van der Waals surface area contributed by atoms with Crippen LogP contribution in [0.5, 0.6) is 0 Å². The van der Waals surface area contributed by atoms with Gasteiger partial charge in [-0.15, -0.1) is 0 Å². The van der Waals surface area contributed by atoms with Gasteiger partial charge in [-0.05, 0) is 13.8 Å². The summed E-state index contributed by atoms with van der Waals surface area (Å²) in [5.41, 5.74) is 0. The lowest BCUT2D eigenvalue weighted by Gasteiger charge is -2.53. The number of nitrogens with one attached hydrogen (secondary N) is 4. The summed E-state index contributed by atoms with van der Waals surface area (Å²) in [6, 6.07) is -8.20. The topological polar surface area (TPSA) is 956 Å². The fraction of sp³-hybridized carbons (Fsp3) is 0.949. The van der Waals surface area contributed by atoms with Gasteiger partial charge in [-0.25, -0.2) is 0 Å².